The number of nitrogens with one attached hydrogen (secondary N) is 2. The van der Waals surface area contributed by atoms with Gasteiger partial charge in [0.1, 0.15) is 9.20 Å². The number of anilines is 1. The molecule has 0 aliphatic heterocycles. The summed E-state index contributed by atoms with van der Waals surface area (Å²) in [5.74, 6) is -0.957. The lowest BCUT2D eigenvalue weighted by atomic mass is 10.3. The van der Waals surface area contributed by atoms with Gasteiger partial charge in [-0.25, -0.2) is 4.79 Å². The summed E-state index contributed by atoms with van der Waals surface area (Å²) in [6.45, 7) is 1.91. The highest BCUT2D eigenvalue weighted by molar-refractivity contribution is 7.07. The van der Waals surface area contributed by atoms with Gasteiger partial charge in [-0.15, -0.1) is 11.3 Å². The maximum absolute atomic E-state index is 11.8. The summed E-state index contributed by atoms with van der Waals surface area (Å²) in [7, 11) is 0. The molecule has 2 aromatic rings. The Kier molecular flexibility index (Phi) is 5.26. The molecule has 0 saturated heterocycles. The van der Waals surface area contributed by atoms with Gasteiger partial charge in [-0.3, -0.25) is 9.59 Å². The topological polar surface area (TPSA) is 88.3 Å². The smallest absolute Gasteiger partial charge is 0.332 e. The van der Waals surface area contributed by atoms with Crippen LogP contribution in [0.1, 0.15) is 6.92 Å². The standard InChI is InChI=1S/C15H14N2O4S/c1-2-21-14(19)8-11-15(20)17-13(22-11)9-12(18)16-10-6-4-3-5-7-10/h3-9H,2H2,1H3,(H,16,18)(H,17,20). The lowest BCUT2D eigenvalue weighted by Gasteiger charge is -1.99. The molecule has 2 N–H and O–H groups in total. The molecule has 0 bridgehead atoms. The summed E-state index contributed by atoms with van der Waals surface area (Å²) in [5, 5.41) is 2.67. The van der Waals surface area contributed by atoms with E-state index in [0.29, 0.717) is 10.4 Å². The number of amides is 1. The number of para-hydroxylation sites is 1. The molecule has 1 amide bonds. The molecular weight excluding hydrogens is 304 g/mol. The third-order valence-electron chi connectivity index (χ3n) is 2.52. The predicted molar refractivity (Wildman–Crippen MR) is 84.8 cm³/mol. The van der Waals surface area contributed by atoms with Crippen LogP contribution in [0.15, 0.2) is 35.1 Å². The molecule has 0 aliphatic rings. The van der Waals surface area contributed by atoms with Gasteiger partial charge in [0, 0.05) is 17.8 Å². The van der Waals surface area contributed by atoms with Crippen LogP contribution in [0.4, 0.5) is 5.69 Å². The van der Waals surface area contributed by atoms with Gasteiger partial charge < -0.3 is 15.0 Å². The van der Waals surface area contributed by atoms with E-state index in [-0.39, 0.29) is 17.0 Å². The summed E-state index contributed by atoms with van der Waals surface area (Å²) >= 11 is 1.01. The van der Waals surface area contributed by atoms with Crippen LogP contribution in [0.2, 0.25) is 0 Å². The molecule has 1 aromatic heterocycles. The fourth-order valence-corrected chi connectivity index (χ4v) is 2.48. The minimum atomic E-state index is -0.588. The molecule has 0 spiro atoms. The molecular formula is C15H14N2O4S. The average Bonchev–Trinajstić information content (AvgIpc) is 2.79. The Morgan fingerprint density at radius 2 is 2.00 bits per heavy atom. The molecule has 114 valence electrons. The van der Waals surface area contributed by atoms with Gasteiger partial charge >= 0.3 is 5.97 Å². The first-order chi connectivity index (χ1) is 10.6. The highest BCUT2D eigenvalue weighted by Gasteiger charge is 2.02. The van der Waals surface area contributed by atoms with Crippen LogP contribution in [-0.4, -0.2) is 23.5 Å². The van der Waals surface area contributed by atoms with Gasteiger partial charge in [-0.05, 0) is 19.1 Å². The number of carbonyl (C=O) groups excluding carboxylic acids is 2. The number of carbonyl (C=O) groups is 2. The van der Waals surface area contributed by atoms with Crippen molar-refractivity contribution in [3.8, 4) is 0 Å². The summed E-state index contributed by atoms with van der Waals surface area (Å²) in [4.78, 5) is 37.4. The second kappa shape index (κ2) is 7.37. The Bertz CT molecular complexity index is 836. The number of rotatable bonds is 4. The average molecular weight is 318 g/mol. The van der Waals surface area contributed by atoms with E-state index in [1.54, 1.807) is 31.2 Å². The molecule has 1 aromatic carbocycles. The molecule has 0 radical (unpaired) electrons. The Morgan fingerprint density at radius 1 is 1.27 bits per heavy atom. The van der Waals surface area contributed by atoms with Crippen LogP contribution in [0, 0.1) is 0 Å². The van der Waals surface area contributed by atoms with Crippen LogP contribution < -0.4 is 20.1 Å². The van der Waals surface area contributed by atoms with Crippen molar-refractivity contribution in [1.82, 2.24) is 4.98 Å². The van der Waals surface area contributed by atoms with Crippen molar-refractivity contribution in [1.29, 1.82) is 0 Å². The van der Waals surface area contributed by atoms with Crippen molar-refractivity contribution in [3.63, 3.8) is 0 Å². The summed E-state index contributed by atoms with van der Waals surface area (Å²) in [6, 6.07) is 8.95. The van der Waals surface area contributed by atoms with Crippen molar-refractivity contribution < 1.29 is 14.3 Å². The van der Waals surface area contributed by atoms with E-state index < -0.39 is 11.5 Å². The number of H-pyrrole nitrogens is 1. The van der Waals surface area contributed by atoms with E-state index in [4.69, 9.17) is 4.74 Å². The van der Waals surface area contributed by atoms with E-state index in [9.17, 15) is 14.4 Å². The number of thiazole rings is 1. The number of ether oxygens (including phenoxy) is 1. The number of aromatic amines is 1. The van der Waals surface area contributed by atoms with Crippen LogP contribution in [0.3, 0.4) is 0 Å². The van der Waals surface area contributed by atoms with Gasteiger partial charge in [0.15, 0.2) is 0 Å². The molecule has 1 heterocycles. The monoisotopic (exact) mass is 318 g/mol. The maximum Gasteiger partial charge on any atom is 0.332 e. The summed E-state index contributed by atoms with van der Waals surface area (Å²) < 4.78 is 5.29. The van der Waals surface area contributed by atoms with Gasteiger partial charge in [-0.2, -0.15) is 0 Å². The molecule has 2 rings (SSSR count). The highest BCUT2D eigenvalue weighted by Crippen LogP contribution is 2.04. The zero-order chi connectivity index (χ0) is 15.9. The fraction of sp³-hybridized carbons (Fsp3) is 0.133. The van der Waals surface area contributed by atoms with Crippen molar-refractivity contribution >= 4 is 41.1 Å². The molecule has 0 aliphatic carbocycles. The predicted octanol–water partition coefficient (Wildman–Crippen LogP) is 0.199. The number of benzene rings is 1. The van der Waals surface area contributed by atoms with Crippen molar-refractivity contribution in [3.05, 3.63) is 49.9 Å². The molecule has 0 fully saturated rings. The molecule has 0 unspecified atom stereocenters. The SMILES string of the molecule is CCOC(=O)C=c1sc(=CC(=O)Nc2ccccc2)[nH]c1=O. The molecule has 7 heteroatoms. The Hall–Kier alpha value is -2.67. The van der Waals surface area contributed by atoms with Crippen LogP contribution in [0.5, 0.6) is 0 Å². The lowest BCUT2D eigenvalue weighted by Crippen LogP contribution is -2.22. The third kappa shape index (κ3) is 4.42. The minimum absolute atomic E-state index is 0.192. The van der Waals surface area contributed by atoms with Crippen LogP contribution >= 0.6 is 11.3 Å². The number of hydrogen-bond acceptors (Lipinski definition) is 5. The van der Waals surface area contributed by atoms with Crippen molar-refractivity contribution in [2.24, 2.45) is 0 Å². The van der Waals surface area contributed by atoms with Crippen LogP contribution in [-0.2, 0) is 14.3 Å². The molecule has 0 saturated carbocycles. The van der Waals surface area contributed by atoms with E-state index in [2.05, 4.69) is 10.3 Å². The van der Waals surface area contributed by atoms with E-state index in [1.807, 2.05) is 6.07 Å². The van der Waals surface area contributed by atoms with Gasteiger partial charge in [-0.1, -0.05) is 18.2 Å². The van der Waals surface area contributed by atoms with E-state index in [1.165, 1.54) is 6.08 Å². The first-order valence-electron chi connectivity index (χ1n) is 6.54. The van der Waals surface area contributed by atoms with Crippen molar-refractivity contribution in [2.45, 2.75) is 6.92 Å². The zero-order valence-corrected chi connectivity index (χ0v) is 12.6. The van der Waals surface area contributed by atoms with Crippen LogP contribution in [0.25, 0.3) is 12.2 Å². The number of esters is 1. The fourth-order valence-electron chi connectivity index (χ4n) is 1.63. The second-order valence-electron chi connectivity index (χ2n) is 4.18. The van der Waals surface area contributed by atoms with E-state index in [0.717, 1.165) is 17.4 Å². The summed E-state index contributed by atoms with van der Waals surface area (Å²) in [6.07, 6.45) is 2.38. The Balaban J connectivity index is 2.21. The van der Waals surface area contributed by atoms with Gasteiger partial charge in [0.25, 0.3) is 11.5 Å². The molecule has 0 atom stereocenters. The Morgan fingerprint density at radius 3 is 2.68 bits per heavy atom. The zero-order valence-electron chi connectivity index (χ0n) is 11.8. The molecule has 6 nitrogen and oxygen atoms in total. The first kappa shape index (κ1) is 15.7. The second-order valence-corrected chi connectivity index (χ2v) is 5.26. The first-order valence-corrected chi connectivity index (χ1v) is 7.35. The largest absolute Gasteiger partial charge is 0.463 e. The van der Waals surface area contributed by atoms with Gasteiger partial charge in [0.05, 0.1) is 6.61 Å². The third-order valence-corrected chi connectivity index (χ3v) is 3.48. The minimum Gasteiger partial charge on any atom is -0.463 e. The maximum atomic E-state index is 11.8. The lowest BCUT2D eigenvalue weighted by molar-refractivity contribution is -0.135. The quantitative estimate of drug-likeness (QED) is 0.788. The number of hydrogen-bond donors (Lipinski definition) is 2. The normalized spacial score (nSPS) is 12.2. The molecule has 22 heavy (non-hydrogen) atoms. The summed E-state index contributed by atoms with van der Waals surface area (Å²) in [5.41, 5.74) is 0.220. The Labute approximate surface area is 129 Å². The van der Waals surface area contributed by atoms with Crippen molar-refractivity contribution in [2.75, 3.05) is 11.9 Å². The van der Waals surface area contributed by atoms with Gasteiger partial charge in [0.2, 0.25) is 0 Å². The highest BCUT2D eigenvalue weighted by atomic mass is 32.1. The van der Waals surface area contributed by atoms with E-state index >= 15 is 0 Å². The number of aromatic nitrogens is 1.